The van der Waals surface area contributed by atoms with Crippen molar-refractivity contribution in [1.29, 1.82) is 0 Å². The minimum Gasteiger partial charge on any atom is -0.478 e. The molecule has 1 aliphatic carbocycles. The Kier molecular flexibility index (Phi) is 7.76. The summed E-state index contributed by atoms with van der Waals surface area (Å²) in [4.78, 5) is 53.4. The van der Waals surface area contributed by atoms with Gasteiger partial charge >= 0.3 is 11.9 Å². The van der Waals surface area contributed by atoms with Crippen LogP contribution >= 0.6 is 0 Å². The molecular formula is C25H27BN2O6. The Morgan fingerprint density at radius 3 is 2.15 bits per heavy atom. The van der Waals surface area contributed by atoms with Crippen molar-refractivity contribution in [3.63, 3.8) is 0 Å². The van der Waals surface area contributed by atoms with Crippen molar-refractivity contribution in [2.24, 2.45) is 0 Å². The highest BCUT2D eigenvalue weighted by Gasteiger charge is 2.33. The third kappa shape index (κ3) is 4.83. The van der Waals surface area contributed by atoms with Crippen LogP contribution in [0.15, 0.2) is 36.4 Å². The van der Waals surface area contributed by atoms with E-state index in [-0.39, 0.29) is 30.0 Å². The maximum absolute atomic E-state index is 13.7. The summed E-state index contributed by atoms with van der Waals surface area (Å²) in [6.07, 6.45) is 2.66. The van der Waals surface area contributed by atoms with Crippen molar-refractivity contribution in [3.05, 3.63) is 69.8 Å². The van der Waals surface area contributed by atoms with Crippen LogP contribution < -0.4 is 0 Å². The van der Waals surface area contributed by atoms with Gasteiger partial charge in [0.25, 0.3) is 11.8 Å². The first kappa shape index (κ1) is 25.0. The number of rotatable bonds is 8. The van der Waals surface area contributed by atoms with Gasteiger partial charge in [-0.05, 0) is 49.4 Å². The molecule has 9 heteroatoms. The van der Waals surface area contributed by atoms with Gasteiger partial charge in [-0.15, -0.1) is 0 Å². The van der Waals surface area contributed by atoms with Crippen LogP contribution in [0, 0.1) is 0 Å². The Morgan fingerprint density at radius 2 is 1.56 bits per heavy atom. The largest absolute Gasteiger partial charge is 0.478 e. The van der Waals surface area contributed by atoms with E-state index >= 15 is 0 Å². The van der Waals surface area contributed by atoms with E-state index in [1.807, 2.05) is 31.2 Å². The lowest BCUT2D eigenvalue weighted by molar-refractivity contribution is 0.0634. The van der Waals surface area contributed by atoms with E-state index in [4.69, 9.17) is 7.85 Å². The van der Waals surface area contributed by atoms with E-state index in [0.717, 1.165) is 42.5 Å². The predicted molar refractivity (Wildman–Crippen MR) is 127 cm³/mol. The number of carboxylic acids is 2. The number of aromatic carboxylic acids is 2. The summed E-state index contributed by atoms with van der Waals surface area (Å²) in [6.45, 7) is 2.29. The first-order valence-electron chi connectivity index (χ1n) is 11.2. The second-order valence-corrected chi connectivity index (χ2v) is 8.27. The van der Waals surface area contributed by atoms with Gasteiger partial charge in [0, 0.05) is 20.1 Å². The van der Waals surface area contributed by atoms with Crippen LogP contribution in [0.2, 0.25) is 6.32 Å². The highest BCUT2D eigenvalue weighted by Crippen LogP contribution is 2.35. The van der Waals surface area contributed by atoms with E-state index in [2.05, 4.69) is 0 Å². The molecule has 0 spiro atoms. The number of amides is 2. The fourth-order valence-corrected chi connectivity index (χ4v) is 4.52. The van der Waals surface area contributed by atoms with Crippen LogP contribution in [0.3, 0.4) is 0 Å². The summed E-state index contributed by atoms with van der Waals surface area (Å²) in [5.41, 5.74) is 0.756. The quantitative estimate of drug-likeness (QED) is 0.582. The molecule has 0 bridgehead atoms. The monoisotopic (exact) mass is 462 g/mol. The number of carbonyl (C=O) groups is 4. The van der Waals surface area contributed by atoms with Crippen LogP contribution in [0.25, 0.3) is 0 Å². The Morgan fingerprint density at radius 1 is 0.971 bits per heavy atom. The number of nitrogens with zero attached hydrogens (tertiary/aromatic N) is 2. The second kappa shape index (κ2) is 10.5. The molecule has 2 aromatic carbocycles. The Labute approximate surface area is 199 Å². The molecule has 0 aromatic heterocycles. The molecule has 1 aliphatic rings. The summed E-state index contributed by atoms with van der Waals surface area (Å²) < 4.78 is 0. The van der Waals surface area contributed by atoms with Gasteiger partial charge in [-0.1, -0.05) is 30.6 Å². The SMILES string of the molecule is [B]CCN(C)C(=O)c1cc(C(=O)N(CC)[C@H]2CCCc3ccccc32)c(C(=O)O)cc1C(=O)O. The second-order valence-electron chi connectivity index (χ2n) is 8.27. The summed E-state index contributed by atoms with van der Waals surface area (Å²) in [5.74, 6) is -4.12. The van der Waals surface area contributed by atoms with E-state index < -0.39 is 34.9 Å². The maximum atomic E-state index is 13.7. The molecule has 2 radical (unpaired) electrons. The van der Waals surface area contributed by atoms with Crippen molar-refractivity contribution in [2.45, 2.75) is 38.5 Å². The van der Waals surface area contributed by atoms with Crippen LogP contribution in [-0.4, -0.2) is 71.7 Å². The molecule has 3 rings (SSSR count). The standard InChI is InChI=1S/C25H27BN2O6/c1-3-28(21-10-6-8-15-7-4-5-9-16(15)21)23(30)18-13-17(22(29)27(2)12-11-26)19(24(31)32)14-20(18)25(33)34/h4-5,7,9,13-14,21H,3,6,8,10-12H2,1-2H3,(H,31,32)(H,33,34)/t21-/m0/s1. The van der Waals surface area contributed by atoms with Gasteiger partial charge in [-0.3, -0.25) is 9.59 Å². The fourth-order valence-electron chi connectivity index (χ4n) is 4.52. The lowest BCUT2D eigenvalue weighted by Gasteiger charge is -2.35. The molecule has 2 N–H and O–H groups in total. The number of benzene rings is 2. The fraction of sp³-hybridized carbons (Fsp3) is 0.360. The molecular weight excluding hydrogens is 435 g/mol. The van der Waals surface area contributed by atoms with E-state index in [1.54, 1.807) is 4.90 Å². The molecule has 2 amide bonds. The van der Waals surface area contributed by atoms with Gasteiger partial charge < -0.3 is 20.0 Å². The van der Waals surface area contributed by atoms with Crippen molar-refractivity contribution in [1.82, 2.24) is 9.80 Å². The first-order chi connectivity index (χ1) is 16.2. The van der Waals surface area contributed by atoms with Crippen molar-refractivity contribution >= 4 is 31.6 Å². The number of hydrogen-bond acceptors (Lipinski definition) is 4. The number of hydrogen-bond donors (Lipinski definition) is 2. The molecule has 34 heavy (non-hydrogen) atoms. The van der Waals surface area contributed by atoms with Crippen molar-refractivity contribution in [2.75, 3.05) is 20.1 Å². The predicted octanol–water partition coefficient (Wildman–Crippen LogP) is 3.28. The molecule has 1 atom stereocenters. The zero-order valence-electron chi connectivity index (χ0n) is 19.3. The van der Waals surface area contributed by atoms with Gasteiger partial charge in [0.2, 0.25) is 0 Å². The molecule has 0 saturated carbocycles. The van der Waals surface area contributed by atoms with Gasteiger partial charge in [0.05, 0.1) is 36.1 Å². The van der Waals surface area contributed by atoms with Gasteiger partial charge in [0.15, 0.2) is 0 Å². The van der Waals surface area contributed by atoms with Crippen LogP contribution in [-0.2, 0) is 6.42 Å². The maximum Gasteiger partial charge on any atom is 0.336 e. The molecule has 8 nitrogen and oxygen atoms in total. The topological polar surface area (TPSA) is 115 Å². The number of fused-ring (bicyclic) bond motifs is 1. The molecule has 2 aromatic rings. The smallest absolute Gasteiger partial charge is 0.336 e. The minimum absolute atomic E-state index is 0.161. The van der Waals surface area contributed by atoms with Crippen LogP contribution in [0.1, 0.15) is 78.4 Å². The highest BCUT2D eigenvalue weighted by atomic mass is 16.4. The molecule has 0 aliphatic heterocycles. The zero-order valence-corrected chi connectivity index (χ0v) is 19.3. The van der Waals surface area contributed by atoms with Crippen LogP contribution in [0.5, 0.6) is 0 Å². The van der Waals surface area contributed by atoms with E-state index in [9.17, 15) is 29.4 Å². The molecule has 0 unspecified atom stereocenters. The molecule has 176 valence electrons. The van der Waals surface area contributed by atoms with Crippen molar-refractivity contribution in [3.8, 4) is 0 Å². The number of carbonyl (C=O) groups excluding carboxylic acids is 2. The summed E-state index contributed by atoms with van der Waals surface area (Å²) in [6, 6.07) is 9.59. The average Bonchev–Trinajstić information content (AvgIpc) is 2.83. The lowest BCUT2D eigenvalue weighted by atomic mass is 9.86. The zero-order chi connectivity index (χ0) is 25.0. The highest BCUT2D eigenvalue weighted by molar-refractivity contribution is 6.12. The third-order valence-corrected chi connectivity index (χ3v) is 6.21. The van der Waals surface area contributed by atoms with Crippen molar-refractivity contribution < 1.29 is 29.4 Å². The Bertz CT molecular complexity index is 1130. The summed E-state index contributed by atoms with van der Waals surface area (Å²) in [5, 5.41) is 19.4. The minimum atomic E-state index is -1.46. The number of aryl methyl sites for hydroxylation is 1. The Balaban J connectivity index is 2.14. The van der Waals surface area contributed by atoms with Gasteiger partial charge in [-0.25, -0.2) is 9.59 Å². The molecule has 0 fully saturated rings. The van der Waals surface area contributed by atoms with E-state index in [0.29, 0.717) is 6.54 Å². The van der Waals surface area contributed by atoms with Gasteiger partial charge in [-0.2, -0.15) is 0 Å². The normalized spacial score (nSPS) is 14.7. The average molecular weight is 462 g/mol. The Hall–Kier alpha value is -3.62. The molecule has 0 saturated heterocycles. The third-order valence-electron chi connectivity index (χ3n) is 6.21. The lowest BCUT2D eigenvalue weighted by Crippen LogP contribution is -2.38. The summed E-state index contributed by atoms with van der Waals surface area (Å²) in [7, 11) is 6.98. The number of carboxylic acid groups (broad SMARTS) is 2. The summed E-state index contributed by atoms with van der Waals surface area (Å²) >= 11 is 0. The first-order valence-corrected chi connectivity index (χ1v) is 11.2. The van der Waals surface area contributed by atoms with Crippen LogP contribution in [0.4, 0.5) is 0 Å². The van der Waals surface area contributed by atoms with E-state index in [1.165, 1.54) is 11.9 Å². The van der Waals surface area contributed by atoms with Gasteiger partial charge in [0.1, 0.15) is 0 Å². The molecule has 0 heterocycles.